The summed E-state index contributed by atoms with van der Waals surface area (Å²) in [4.78, 5) is 18.4. The molecule has 1 aromatic heterocycles. The summed E-state index contributed by atoms with van der Waals surface area (Å²) in [5, 5.41) is 11.8. The summed E-state index contributed by atoms with van der Waals surface area (Å²) in [7, 11) is 0. The Hall–Kier alpha value is -1.36. The third-order valence-electron chi connectivity index (χ3n) is 1.86. The van der Waals surface area contributed by atoms with E-state index in [9.17, 15) is 4.79 Å². The Balaban J connectivity index is 2.24. The molecule has 0 aliphatic heterocycles. The number of hydrogen-bond acceptors (Lipinski definition) is 4. The lowest BCUT2D eigenvalue weighted by molar-refractivity contribution is 0.0690. The van der Waals surface area contributed by atoms with Crippen LogP contribution in [0.2, 0.25) is 5.02 Å². The van der Waals surface area contributed by atoms with Crippen LogP contribution in [0.25, 0.3) is 0 Å². The highest BCUT2D eigenvalue weighted by Crippen LogP contribution is 2.23. The minimum atomic E-state index is -1.14. The monoisotopic (exact) mass is 213 g/mol. The van der Waals surface area contributed by atoms with Gasteiger partial charge < -0.3 is 10.4 Å². The fourth-order valence-corrected chi connectivity index (χ4v) is 1.17. The molecule has 0 aromatic carbocycles. The lowest BCUT2D eigenvalue weighted by Crippen LogP contribution is -2.09. The van der Waals surface area contributed by atoms with Gasteiger partial charge in [-0.3, -0.25) is 0 Å². The number of hydrogen-bond donors (Lipinski definition) is 2. The molecule has 0 amide bonds. The van der Waals surface area contributed by atoms with Crippen LogP contribution in [0.5, 0.6) is 0 Å². The van der Waals surface area contributed by atoms with Gasteiger partial charge in [0.05, 0.1) is 11.2 Å². The van der Waals surface area contributed by atoms with Crippen LogP contribution in [0, 0.1) is 0 Å². The number of halogens is 1. The first-order chi connectivity index (χ1) is 6.66. The molecule has 6 heteroatoms. The van der Waals surface area contributed by atoms with Crippen molar-refractivity contribution < 1.29 is 9.90 Å². The first-order valence-corrected chi connectivity index (χ1v) is 4.57. The minimum absolute atomic E-state index is 0.0545. The molecule has 1 aliphatic carbocycles. The molecule has 1 saturated carbocycles. The fourth-order valence-electron chi connectivity index (χ4n) is 0.997. The number of rotatable bonds is 3. The first kappa shape index (κ1) is 9.21. The maximum atomic E-state index is 10.7. The van der Waals surface area contributed by atoms with Crippen LogP contribution in [0.4, 0.5) is 5.95 Å². The second-order valence-corrected chi connectivity index (χ2v) is 3.52. The van der Waals surface area contributed by atoms with Gasteiger partial charge in [0.2, 0.25) is 5.95 Å². The van der Waals surface area contributed by atoms with Gasteiger partial charge in [0, 0.05) is 6.04 Å². The quantitative estimate of drug-likeness (QED) is 0.794. The molecule has 2 N–H and O–H groups in total. The van der Waals surface area contributed by atoms with Crippen molar-refractivity contribution in [1.29, 1.82) is 0 Å². The maximum absolute atomic E-state index is 10.7. The molecular formula is C8H8ClN3O2. The second kappa shape index (κ2) is 3.42. The van der Waals surface area contributed by atoms with Gasteiger partial charge >= 0.3 is 5.97 Å². The van der Waals surface area contributed by atoms with Crippen LogP contribution in [0.15, 0.2) is 6.20 Å². The van der Waals surface area contributed by atoms with Crippen molar-refractivity contribution in [2.45, 2.75) is 18.9 Å². The molecule has 1 heterocycles. The number of anilines is 1. The van der Waals surface area contributed by atoms with Crippen LogP contribution < -0.4 is 5.32 Å². The largest absolute Gasteiger partial charge is 0.476 e. The lowest BCUT2D eigenvalue weighted by Gasteiger charge is -2.03. The van der Waals surface area contributed by atoms with Crippen molar-refractivity contribution in [3.63, 3.8) is 0 Å². The third-order valence-corrected chi connectivity index (χ3v) is 2.13. The average Bonchev–Trinajstić information content (AvgIpc) is 2.92. The van der Waals surface area contributed by atoms with Crippen LogP contribution in [0.1, 0.15) is 23.3 Å². The lowest BCUT2D eigenvalue weighted by atomic mass is 10.4. The molecule has 2 rings (SSSR count). The molecule has 1 aliphatic rings. The van der Waals surface area contributed by atoms with E-state index >= 15 is 0 Å². The molecule has 5 nitrogen and oxygen atoms in total. The highest BCUT2D eigenvalue weighted by molar-refractivity contribution is 6.33. The molecule has 0 spiro atoms. The number of carboxylic acid groups (broad SMARTS) is 1. The number of nitrogens with zero attached hydrogens (tertiary/aromatic N) is 2. The van der Waals surface area contributed by atoms with Crippen LogP contribution in [-0.4, -0.2) is 27.1 Å². The highest BCUT2D eigenvalue weighted by Gasteiger charge is 2.22. The molecule has 1 fully saturated rings. The Morgan fingerprint density at radius 1 is 1.64 bits per heavy atom. The fraction of sp³-hybridized carbons (Fsp3) is 0.375. The zero-order valence-electron chi connectivity index (χ0n) is 7.20. The van der Waals surface area contributed by atoms with Gasteiger partial charge in [-0.05, 0) is 12.8 Å². The summed E-state index contributed by atoms with van der Waals surface area (Å²) < 4.78 is 0. The van der Waals surface area contributed by atoms with E-state index in [0.717, 1.165) is 12.8 Å². The predicted octanol–water partition coefficient (Wildman–Crippen LogP) is 1.40. The van der Waals surface area contributed by atoms with Crippen molar-refractivity contribution >= 4 is 23.5 Å². The maximum Gasteiger partial charge on any atom is 0.356 e. The van der Waals surface area contributed by atoms with Gasteiger partial charge in [-0.15, -0.1) is 0 Å². The summed E-state index contributed by atoms with van der Waals surface area (Å²) >= 11 is 5.61. The first-order valence-electron chi connectivity index (χ1n) is 4.19. The van der Waals surface area contributed by atoms with Gasteiger partial charge in [-0.1, -0.05) is 11.6 Å². The Morgan fingerprint density at radius 3 is 2.93 bits per heavy atom. The number of aromatic nitrogens is 2. The number of nitrogens with one attached hydrogen (secondary N) is 1. The Morgan fingerprint density at radius 2 is 2.36 bits per heavy atom. The van der Waals surface area contributed by atoms with Gasteiger partial charge in [-0.25, -0.2) is 14.8 Å². The van der Waals surface area contributed by atoms with Crippen molar-refractivity contribution in [3.8, 4) is 0 Å². The zero-order chi connectivity index (χ0) is 10.1. The van der Waals surface area contributed by atoms with Crippen molar-refractivity contribution in [2.24, 2.45) is 0 Å². The predicted molar refractivity (Wildman–Crippen MR) is 50.6 cm³/mol. The number of carbonyl (C=O) groups is 1. The van der Waals surface area contributed by atoms with E-state index in [4.69, 9.17) is 16.7 Å². The summed E-state index contributed by atoms with van der Waals surface area (Å²) in [6.45, 7) is 0. The molecule has 0 unspecified atom stereocenters. The van der Waals surface area contributed by atoms with E-state index in [1.807, 2.05) is 0 Å². The van der Waals surface area contributed by atoms with E-state index in [1.54, 1.807) is 0 Å². The normalized spacial score (nSPS) is 15.2. The second-order valence-electron chi connectivity index (χ2n) is 3.11. The minimum Gasteiger partial charge on any atom is -0.476 e. The van der Waals surface area contributed by atoms with Gasteiger partial charge in [0.25, 0.3) is 0 Å². The topological polar surface area (TPSA) is 75.1 Å². The molecule has 0 atom stereocenters. The number of carboxylic acids is 1. The van der Waals surface area contributed by atoms with Crippen molar-refractivity contribution in [2.75, 3.05) is 5.32 Å². The van der Waals surface area contributed by atoms with E-state index in [2.05, 4.69) is 15.3 Å². The molecule has 14 heavy (non-hydrogen) atoms. The molecule has 0 bridgehead atoms. The summed E-state index contributed by atoms with van der Waals surface area (Å²) in [5.74, 6) is -0.814. The standard InChI is InChI=1S/C8H8ClN3O2/c9-5-3-10-8(11-4-1-2-4)12-6(5)7(13)14/h3-4H,1-2H2,(H,13,14)(H,10,11,12). The van der Waals surface area contributed by atoms with E-state index in [1.165, 1.54) is 6.20 Å². The summed E-state index contributed by atoms with van der Waals surface area (Å²) in [6.07, 6.45) is 3.45. The SMILES string of the molecule is O=C(O)c1nc(NC2CC2)ncc1Cl. The molecule has 0 saturated heterocycles. The van der Waals surface area contributed by atoms with Crippen LogP contribution >= 0.6 is 11.6 Å². The van der Waals surface area contributed by atoms with E-state index in [-0.39, 0.29) is 10.7 Å². The zero-order valence-corrected chi connectivity index (χ0v) is 7.95. The smallest absolute Gasteiger partial charge is 0.356 e. The molecule has 74 valence electrons. The Kier molecular flexibility index (Phi) is 2.25. The van der Waals surface area contributed by atoms with Crippen molar-refractivity contribution in [3.05, 3.63) is 16.9 Å². The van der Waals surface area contributed by atoms with Gasteiger partial charge in [0.1, 0.15) is 0 Å². The molecule has 0 radical (unpaired) electrons. The van der Waals surface area contributed by atoms with E-state index < -0.39 is 5.97 Å². The van der Waals surface area contributed by atoms with Crippen LogP contribution in [0.3, 0.4) is 0 Å². The van der Waals surface area contributed by atoms with Crippen molar-refractivity contribution in [1.82, 2.24) is 9.97 Å². The van der Waals surface area contributed by atoms with Gasteiger partial charge in [-0.2, -0.15) is 0 Å². The van der Waals surface area contributed by atoms with Crippen LogP contribution in [-0.2, 0) is 0 Å². The summed E-state index contributed by atoms with van der Waals surface area (Å²) in [6, 6.07) is 0.387. The molecular weight excluding hydrogens is 206 g/mol. The van der Waals surface area contributed by atoms with Gasteiger partial charge in [0.15, 0.2) is 5.69 Å². The molecule has 1 aromatic rings. The highest BCUT2D eigenvalue weighted by atomic mass is 35.5. The Bertz CT molecular complexity index is 379. The summed E-state index contributed by atoms with van der Waals surface area (Å²) in [5.41, 5.74) is -0.162. The number of aromatic carboxylic acids is 1. The Labute approximate surface area is 85.1 Å². The average molecular weight is 214 g/mol. The van der Waals surface area contributed by atoms with E-state index in [0.29, 0.717) is 12.0 Å². The third kappa shape index (κ3) is 1.93.